The standard InChI is InChI=1S/C27H27NO/c29-27(25-14-6-2-7-15-25,26-16-8-3-9-17-26)19-10-11-20-28-21-18-24(22-28)23-12-4-1-5-13-23/h1-9,12-17,24,29H,18-22H2/p+1. The molecule has 0 aliphatic carbocycles. The summed E-state index contributed by atoms with van der Waals surface area (Å²) >= 11 is 0. The van der Waals surface area contributed by atoms with Crippen molar-refractivity contribution in [1.29, 1.82) is 0 Å². The van der Waals surface area contributed by atoms with E-state index in [1.807, 2.05) is 60.7 Å². The highest BCUT2D eigenvalue weighted by molar-refractivity contribution is 5.37. The molecule has 2 unspecified atom stereocenters. The van der Waals surface area contributed by atoms with Gasteiger partial charge in [-0.25, -0.2) is 0 Å². The van der Waals surface area contributed by atoms with Gasteiger partial charge in [-0.15, -0.1) is 0 Å². The van der Waals surface area contributed by atoms with Crippen molar-refractivity contribution in [3.8, 4) is 11.8 Å². The molecule has 0 aromatic heterocycles. The highest BCUT2D eigenvalue weighted by Crippen LogP contribution is 2.32. The second-order valence-electron chi connectivity index (χ2n) is 7.90. The van der Waals surface area contributed by atoms with Gasteiger partial charge in [-0.2, -0.15) is 0 Å². The van der Waals surface area contributed by atoms with Crippen molar-refractivity contribution in [3.05, 3.63) is 108 Å². The highest BCUT2D eigenvalue weighted by Gasteiger charge is 2.30. The van der Waals surface area contributed by atoms with Crippen molar-refractivity contribution in [2.45, 2.75) is 24.4 Å². The van der Waals surface area contributed by atoms with Crippen LogP contribution in [0, 0.1) is 11.8 Å². The molecule has 3 aromatic rings. The van der Waals surface area contributed by atoms with E-state index < -0.39 is 5.60 Å². The molecule has 1 fully saturated rings. The topological polar surface area (TPSA) is 24.7 Å². The smallest absolute Gasteiger partial charge is 0.139 e. The highest BCUT2D eigenvalue weighted by atomic mass is 16.3. The molecule has 0 saturated carbocycles. The van der Waals surface area contributed by atoms with E-state index in [0.29, 0.717) is 12.3 Å². The number of likely N-dealkylation sites (tertiary alicyclic amines) is 1. The third-order valence-electron chi connectivity index (χ3n) is 5.96. The number of aliphatic hydroxyl groups is 1. The lowest BCUT2D eigenvalue weighted by molar-refractivity contribution is -0.880. The van der Waals surface area contributed by atoms with Crippen LogP contribution in [0.15, 0.2) is 91.0 Å². The van der Waals surface area contributed by atoms with Crippen molar-refractivity contribution < 1.29 is 10.0 Å². The van der Waals surface area contributed by atoms with E-state index in [0.717, 1.165) is 30.8 Å². The maximum Gasteiger partial charge on any atom is 0.139 e. The van der Waals surface area contributed by atoms with Gasteiger partial charge in [0.2, 0.25) is 0 Å². The lowest BCUT2D eigenvalue weighted by atomic mass is 9.84. The molecule has 2 nitrogen and oxygen atoms in total. The Bertz CT molecular complexity index is 917. The fraction of sp³-hybridized carbons (Fsp3) is 0.259. The normalized spacial score (nSPS) is 18.8. The molecular weight excluding hydrogens is 354 g/mol. The number of nitrogens with one attached hydrogen (secondary N) is 1. The predicted molar refractivity (Wildman–Crippen MR) is 118 cm³/mol. The molecule has 146 valence electrons. The van der Waals surface area contributed by atoms with E-state index >= 15 is 0 Å². The first-order valence-electron chi connectivity index (χ1n) is 10.4. The first kappa shape index (κ1) is 19.5. The molecule has 0 radical (unpaired) electrons. The lowest BCUT2D eigenvalue weighted by Gasteiger charge is -2.27. The monoisotopic (exact) mass is 382 g/mol. The van der Waals surface area contributed by atoms with E-state index in [2.05, 4.69) is 42.2 Å². The van der Waals surface area contributed by atoms with Crippen LogP contribution in [0.3, 0.4) is 0 Å². The molecule has 1 aliphatic rings. The van der Waals surface area contributed by atoms with Gasteiger partial charge in [0.15, 0.2) is 0 Å². The number of hydrogen-bond donors (Lipinski definition) is 2. The van der Waals surface area contributed by atoms with Crippen LogP contribution < -0.4 is 4.90 Å². The third kappa shape index (κ3) is 4.59. The Morgan fingerprint density at radius 3 is 1.93 bits per heavy atom. The fourth-order valence-electron chi connectivity index (χ4n) is 4.28. The number of benzene rings is 3. The Hall–Kier alpha value is -2.86. The number of quaternary nitrogens is 1. The molecule has 0 bridgehead atoms. The average Bonchev–Trinajstić information content (AvgIpc) is 3.27. The van der Waals surface area contributed by atoms with Gasteiger partial charge in [0.25, 0.3) is 0 Å². The van der Waals surface area contributed by atoms with Gasteiger partial charge in [0.05, 0.1) is 13.1 Å². The van der Waals surface area contributed by atoms with E-state index in [1.54, 1.807) is 0 Å². The van der Waals surface area contributed by atoms with E-state index in [1.165, 1.54) is 16.9 Å². The van der Waals surface area contributed by atoms with Gasteiger partial charge >= 0.3 is 0 Å². The lowest BCUT2D eigenvalue weighted by Crippen LogP contribution is -3.10. The van der Waals surface area contributed by atoms with Crippen LogP contribution in [0.1, 0.15) is 35.4 Å². The minimum atomic E-state index is -1.08. The van der Waals surface area contributed by atoms with Gasteiger partial charge in [-0.3, -0.25) is 0 Å². The van der Waals surface area contributed by atoms with Crippen LogP contribution in [0.2, 0.25) is 0 Å². The molecule has 4 rings (SSSR count). The molecule has 29 heavy (non-hydrogen) atoms. The van der Waals surface area contributed by atoms with Crippen molar-refractivity contribution in [1.82, 2.24) is 0 Å². The summed E-state index contributed by atoms with van der Waals surface area (Å²) in [7, 11) is 0. The zero-order chi connectivity index (χ0) is 19.9. The van der Waals surface area contributed by atoms with Crippen LogP contribution in [-0.2, 0) is 5.60 Å². The maximum atomic E-state index is 11.5. The molecular formula is C27H28NO+. The van der Waals surface area contributed by atoms with Gasteiger partial charge in [0, 0.05) is 18.8 Å². The fourth-order valence-corrected chi connectivity index (χ4v) is 4.28. The molecule has 1 saturated heterocycles. The van der Waals surface area contributed by atoms with Crippen molar-refractivity contribution in [2.24, 2.45) is 0 Å². The minimum absolute atomic E-state index is 0.399. The van der Waals surface area contributed by atoms with E-state index in [4.69, 9.17) is 0 Å². The molecule has 1 aliphatic heterocycles. The maximum absolute atomic E-state index is 11.5. The molecule has 3 aromatic carbocycles. The second-order valence-corrected chi connectivity index (χ2v) is 7.90. The summed E-state index contributed by atoms with van der Waals surface area (Å²) in [5, 5.41) is 11.5. The van der Waals surface area contributed by atoms with Gasteiger partial charge in [-0.05, 0) is 22.6 Å². The Morgan fingerprint density at radius 1 is 0.793 bits per heavy atom. The SMILES string of the molecule is OC(CC#CC[NH+]1CCC(c2ccccc2)C1)(c1ccccc1)c1ccccc1. The van der Waals surface area contributed by atoms with Crippen molar-refractivity contribution >= 4 is 0 Å². The molecule has 2 atom stereocenters. The summed E-state index contributed by atoms with van der Waals surface area (Å²) in [5.41, 5.74) is 2.14. The quantitative estimate of drug-likeness (QED) is 0.650. The minimum Gasteiger partial charge on any atom is -0.379 e. The molecule has 0 amide bonds. The van der Waals surface area contributed by atoms with Crippen molar-refractivity contribution in [3.63, 3.8) is 0 Å². The average molecular weight is 383 g/mol. The van der Waals surface area contributed by atoms with Crippen LogP contribution in [0.25, 0.3) is 0 Å². The Kier molecular flexibility index (Phi) is 6.10. The molecule has 0 spiro atoms. The van der Waals surface area contributed by atoms with Gasteiger partial charge < -0.3 is 10.0 Å². The molecule has 2 N–H and O–H groups in total. The first-order chi connectivity index (χ1) is 14.3. The Balaban J connectivity index is 1.43. The van der Waals surface area contributed by atoms with Crippen LogP contribution in [-0.4, -0.2) is 24.7 Å². The zero-order valence-corrected chi connectivity index (χ0v) is 16.7. The molecule has 2 heteroatoms. The number of hydrogen-bond acceptors (Lipinski definition) is 1. The van der Waals surface area contributed by atoms with Gasteiger partial charge in [0.1, 0.15) is 12.1 Å². The van der Waals surface area contributed by atoms with E-state index in [-0.39, 0.29) is 0 Å². The Morgan fingerprint density at radius 2 is 1.34 bits per heavy atom. The second kappa shape index (κ2) is 9.09. The summed E-state index contributed by atoms with van der Waals surface area (Å²) in [6.07, 6.45) is 1.62. The summed E-state index contributed by atoms with van der Waals surface area (Å²) in [4.78, 5) is 1.54. The Labute approximate surface area is 173 Å². The van der Waals surface area contributed by atoms with Crippen LogP contribution in [0.4, 0.5) is 0 Å². The first-order valence-corrected chi connectivity index (χ1v) is 10.4. The zero-order valence-electron chi connectivity index (χ0n) is 16.7. The third-order valence-corrected chi connectivity index (χ3v) is 5.96. The summed E-state index contributed by atoms with van der Waals surface area (Å²) in [6.45, 7) is 3.14. The summed E-state index contributed by atoms with van der Waals surface area (Å²) in [5.74, 6) is 7.27. The largest absolute Gasteiger partial charge is 0.379 e. The summed E-state index contributed by atoms with van der Waals surface area (Å²) < 4.78 is 0. The van der Waals surface area contributed by atoms with E-state index in [9.17, 15) is 5.11 Å². The number of rotatable bonds is 5. The summed E-state index contributed by atoms with van der Waals surface area (Å²) in [6, 6.07) is 30.5. The van der Waals surface area contributed by atoms with Crippen molar-refractivity contribution in [2.75, 3.05) is 19.6 Å². The van der Waals surface area contributed by atoms with Crippen LogP contribution in [0.5, 0.6) is 0 Å². The van der Waals surface area contributed by atoms with Gasteiger partial charge in [-0.1, -0.05) is 96.9 Å². The van der Waals surface area contributed by atoms with Crippen LogP contribution >= 0.6 is 0 Å². The predicted octanol–water partition coefficient (Wildman–Crippen LogP) is 3.39. The molecule has 1 heterocycles.